The Morgan fingerprint density at radius 3 is 2.10 bits per heavy atom. The molecule has 0 saturated carbocycles. The molecule has 0 aromatic carbocycles. The molecule has 10 heavy (non-hydrogen) atoms. The molecule has 5 nitrogen and oxygen atoms in total. The first-order valence-electron chi connectivity index (χ1n) is 2.13. The average molecular weight is 186 g/mol. The number of carbonyl (C=O) groups excluding carboxylic acids is 1. The summed E-state index contributed by atoms with van der Waals surface area (Å²) in [5, 5.41) is 7.95. The second-order valence-electron chi connectivity index (χ2n) is 1.55. The molecule has 3 N–H and O–H groups in total. The van der Waals surface area contributed by atoms with Gasteiger partial charge in [-0.3, -0.25) is 4.79 Å². The molecule has 1 unspecified atom stereocenters. The molecule has 0 spiro atoms. The molecule has 0 aliphatic carbocycles. The Kier molecular flexibility index (Phi) is 3.11. The van der Waals surface area contributed by atoms with Gasteiger partial charge in [-0.05, 0) is 11.8 Å². The Hall–Kier alpha value is -0.290. The molecule has 7 heteroatoms. The summed E-state index contributed by atoms with van der Waals surface area (Å²) < 4.78 is 0. The maximum absolute atomic E-state index is 10.2. The van der Waals surface area contributed by atoms with E-state index in [-0.39, 0.29) is 0 Å². The van der Waals surface area contributed by atoms with Gasteiger partial charge in [0.2, 0.25) is 5.78 Å². The minimum atomic E-state index is -3.67. The van der Waals surface area contributed by atoms with E-state index in [1.54, 1.807) is 0 Å². The van der Waals surface area contributed by atoms with Crippen molar-refractivity contribution in [1.29, 1.82) is 0 Å². The van der Waals surface area contributed by atoms with Gasteiger partial charge >= 0.3 is 5.97 Å². The van der Waals surface area contributed by atoms with Gasteiger partial charge in [0, 0.05) is 0 Å². The lowest BCUT2D eigenvalue weighted by Gasteiger charge is -2.01. The molecule has 0 saturated heterocycles. The molecule has 0 aliphatic rings. The normalized spacial score (nSPS) is 15.8. The molecule has 0 radical (unpaired) electrons. The zero-order valence-corrected chi connectivity index (χ0v) is 6.43. The molecule has 1 atom stereocenters. The van der Waals surface area contributed by atoms with E-state index in [0.29, 0.717) is 0 Å². The molecule has 0 heterocycles. The summed E-state index contributed by atoms with van der Waals surface area (Å²) >= 11 is 4.02. The van der Waals surface area contributed by atoms with Crippen LogP contribution in [0.25, 0.3) is 0 Å². The zero-order chi connectivity index (χ0) is 8.36. The van der Waals surface area contributed by atoms with E-state index in [1.807, 2.05) is 0 Å². The first-order chi connectivity index (χ1) is 4.33. The Morgan fingerprint density at radius 1 is 1.60 bits per heavy atom. The molecule has 0 bridgehead atoms. The fourth-order valence-electron chi connectivity index (χ4n) is 0.255. The molecule has 58 valence electrons. The van der Waals surface area contributed by atoms with E-state index in [2.05, 4.69) is 11.8 Å². The number of carboxylic acid groups (broad SMARTS) is 1. The second-order valence-corrected chi connectivity index (χ2v) is 4.95. The lowest BCUT2D eigenvalue weighted by Crippen LogP contribution is -2.16. The van der Waals surface area contributed by atoms with Crippen LogP contribution in [-0.2, 0) is 21.4 Å². The molecule has 0 aromatic rings. The number of hydrogen-bond donors (Lipinski definition) is 3. The minimum absolute atomic E-state index is 0.863. The SMILES string of the molecule is O=C(O)C(=O)CP(O)([18OH])=S. The molecule has 0 aromatic heterocycles. The van der Waals surface area contributed by atoms with Crippen molar-refractivity contribution in [3.05, 3.63) is 0 Å². The fraction of sp³-hybridized carbons (Fsp3) is 0.333. The number of carbonyl (C=O) groups is 2. The van der Waals surface area contributed by atoms with Gasteiger partial charge in [-0.2, -0.15) is 0 Å². The molecule has 0 amide bonds. The molecular formula is C3H5O5PS. The van der Waals surface area contributed by atoms with Crippen molar-refractivity contribution in [2.75, 3.05) is 6.16 Å². The summed E-state index contributed by atoms with van der Waals surface area (Å²) in [5.41, 5.74) is 0. The third-order valence-electron chi connectivity index (χ3n) is 0.588. The van der Waals surface area contributed by atoms with Crippen LogP contribution in [-0.4, -0.2) is 32.8 Å². The number of Topliss-reactive ketones (excluding diaryl/α,β-unsaturated/α-hetero) is 1. The van der Waals surface area contributed by atoms with Crippen molar-refractivity contribution >= 4 is 30.1 Å². The highest BCUT2D eigenvalue weighted by atomic mass is 32.5. The summed E-state index contributed by atoms with van der Waals surface area (Å²) in [6.45, 7) is -3.67. The van der Waals surface area contributed by atoms with Gasteiger partial charge in [0.25, 0.3) is 0 Å². The Morgan fingerprint density at radius 2 is 2.00 bits per heavy atom. The quantitative estimate of drug-likeness (QED) is 0.295. The number of aliphatic carboxylic acids is 1. The van der Waals surface area contributed by atoms with Gasteiger partial charge in [0.05, 0.1) is 6.16 Å². The molecule has 0 aliphatic heterocycles. The van der Waals surface area contributed by atoms with Gasteiger partial charge in [-0.15, -0.1) is 0 Å². The van der Waals surface area contributed by atoms with Gasteiger partial charge in [0.15, 0.2) is 6.49 Å². The monoisotopic (exact) mass is 186 g/mol. The van der Waals surface area contributed by atoms with Crippen LogP contribution in [0.3, 0.4) is 0 Å². The lowest BCUT2D eigenvalue weighted by atomic mass is 10.5. The van der Waals surface area contributed by atoms with Crippen molar-refractivity contribution in [2.45, 2.75) is 0 Å². The average Bonchev–Trinajstić information content (AvgIpc) is 1.60. The van der Waals surface area contributed by atoms with Crippen molar-refractivity contribution in [3.8, 4) is 0 Å². The van der Waals surface area contributed by atoms with Crippen LogP contribution in [0.15, 0.2) is 0 Å². The van der Waals surface area contributed by atoms with Crippen LogP contribution < -0.4 is 0 Å². The largest absolute Gasteiger partial charge is 0.475 e. The third kappa shape index (κ3) is 4.58. The number of carboxylic acids is 1. The number of ketones is 1. The van der Waals surface area contributed by atoms with Gasteiger partial charge in [-0.1, -0.05) is 0 Å². The molecule has 0 rings (SSSR count). The highest BCUT2D eigenvalue weighted by Crippen LogP contribution is 2.34. The van der Waals surface area contributed by atoms with Crippen molar-refractivity contribution in [1.82, 2.24) is 0 Å². The van der Waals surface area contributed by atoms with Crippen molar-refractivity contribution in [3.63, 3.8) is 0 Å². The maximum Gasteiger partial charge on any atom is 0.372 e. The lowest BCUT2D eigenvalue weighted by molar-refractivity contribution is -0.147. The third-order valence-corrected chi connectivity index (χ3v) is 1.67. The van der Waals surface area contributed by atoms with Crippen LogP contribution in [0, 0.1) is 0 Å². The molecular weight excluding hydrogens is 181 g/mol. The molecule has 0 fully saturated rings. The first-order valence-corrected chi connectivity index (χ1v) is 5.03. The summed E-state index contributed by atoms with van der Waals surface area (Å²) in [6.07, 6.45) is -0.863. The predicted octanol–water partition coefficient (Wildman–Crippen LogP) is -1.07. The van der Waals surface area contributed by atoms with Gasteiger partial charge in [0.1, 0.15) is 0 Å². The topological polar surface area (TPSA) is 94.8 Å². The van der Waals surface area contributed by atoms with Crippen LogP contribution in [0.1, 0.15) is 0 Å². The first kappa shape index (κ1) is 9.71. The number of rotatable bonds is 3. The summed E-state index contributed by atoms with van der Waals surface area (Å²) in [5.74, 6) is -2.97. The van der Waals surface area contributed by atoms with Crippen LogP contribution in [0.5, 0.6) is 0 Å². The Labute approximate surface area is 61.5 Å². The van der Waals surface area contributed by atoms with Crippen LogP contribution >= 0.6 is 6.49 Å². The van der Waals surface area contributed by atoms with E-state index in [4.69, 9.17) is 14.9 Å². The van der Waals surface area contributed by atoms with E-state index in [1.165, 1.54) is 0 Å². The maximum atomic E-state index is 10.2. The highest BCUT2D eigenvalue weighted by molar-refractivity contribution is 8.09. The Balaban J connectivity index is 4.07. The van der Waals surface area contributed by atoms with E-state index in [9.17, 15) is 9.59 Å². The number of hydrogen-bond acceptors (Lipinski definition) is 3. The fourth-order valence-corrected chi connectivity index (χ4v) is 1.12. The summed E-state index contributed by atoms with van der Waals surface area (Å²) in [4.78, 5) is 36.8. The zero-order valence-electron chi connectivity index (χ0n) is 4.72. The predicted molar refractivity (Wildman–Crippen MR) is 36.2 cm³/mol. The van der Waals surface area contributed by atoms with Crippen molar-refractivity contribution < 1.29 is 24.5 Å². The smallest absolute Gasteiger partial charge is 0.372 e. The van der Waals surface area contributed by atoms with E-state index in [0.717, 1.165) is 0 Å². The van der Waals surface area contributed by atoms with E-state index >= 15 is 0 Å². The second kappa shape index (κ2) is 3.21. The summed E-state index contributed by atoms with van der Waals surface area (Å²) in [7, 11) is 0. The van der Waals surface area contributed by atoms with Crippen LogP contribution in [0.4, 0.5) is 0 Å². The Bertz CT molecular complexity index is 205. The van der Waals surface area contributed by atoms with E-state index < -0.39 is 24.4 Å². The standard InChI is InChI=1S/C3H5O5PS/c4-2(3(5)6)1-9(7,8)10/h1H2,(H,5,6)(H2,7,8,10)/i7+2. The minimum Gasteiger partial charge on any atom is -0.475 e. The summed E-state index contributed by atoms with van der Waals surface area (Å²) in [6, 6.07) is 0. The van der Waals surface area contributed by atoms with Crippen molar-refractivity contribution in [2.24, 2.45) is 0 Å². The highest BCUT2D eigenvalue weighted by Gasteiger charge is 2.19. The van der Waals surface area contributed by atoms with Crippen LogP contribution in [0.2, 0.25) is 0 Å². The van der Waals surface area contributed by atoms with Gasteiger partial charge in [-0.25, -0.2) is 4.79 Å². The van der Waals surface area contributed by atoms with Gasteiger partial charge < -0.3 is 14.9 Å².